The summed E-state index contributed by atoms with van der Waals surface area (Å²) in [7, 11) is -4.02. The molecule has 0 spiro atoms. The molecular weight excluding hydrogens is 263 g/mol. The first-order valence-electron chi connectivity index (χ1n) is 4.74. The zero-order valence-electron chi connectivity index (χ0n) is 9.21. The number of benzene rings is 1. The molecule has 0 aromatic heterocycles. The zero-order chi connectivity index (χ0) is 11.7. The first-order chi connectivity index (χ1) is 7.02. The standard InChI is InChI=1S/C6H7O3P.C4H10O.Ti/c7-10(8,9)6-4-2-1-3-5-6;1-2-3-4-5;/h1-5H,(H2,7,8,9);5H,2-4H2,1H3;. The van der Waals surface area contributed by atoms with Gasteiger partial charge in [-0.25, -0.2) is 0 Å². The normalized spacial score (nSPS) is 9.75. The molecule has 3 N–H and O–H groups in total. The van der Waals surface area contributed by atoms with Gasteiger partial charge in [-0.05, 0) is 18.6 Å². The van der Waals surface area contributed by atoms with Gasteiger partial charge < -0.3 is 14.9 Å². The maximum absolute atomic E-state index is 10.5. The minimum Gasteiger partial charge on any atom is -0.396 e. The Labute approximate surface area is 111 Å². The number of rotatable bonds is 3. The SMILES string of the molecule is CCCCO.O=P(O)(O)c1ccccc1.[Ti]. The van der Waals surface area contributed by atoms with Gasteiger partial charge in [0, 0.05) is 28.3 Å². The fraction of sp³-hybridized carbons (Fsp3) is 0.400. The Morgan fingerprint density at radius 1 is 1.19 bits per heavy atom. The van der Waals surface area contributed by atoms with Crippen LogP contribution in [0.3, 0.4) is 0 Å². The van der Waals surface area contributed by atoms with Crippen molar-refractivity contribution in [3.05, 3.63) is 30.3 Å². The summed E-state index contributed by atoms with van der Waals surface area (Å²) in [6.07, 6.45) is 2.04. The topological polar surface area (TPSA) is 77.8 Å². The van der Waals surface area contributed by atoms with Gasteiger partial charge in [0.15, 0.2) is 0 Å². The van der Waals surface area contributed by atoms with Crippen molar-refractivity contribution in [2.45, 2.75) is 19.8 Å². The van der Waals surface area contributed by atoms with E-state index in [0.717, 1.165) is 12.8 Å². The second-order valence-electron chi connectivity index (χ2n) is 2.96. The minimum atomic E-state index is -4.02. The number of hydrogen-bond acceptors (Lipinski definition) is 2. The molecule has 90 valence electrons. The predicted octanol–water partition coefficient (Wildman–Crippen LogP) is 1.27. The van der Waals surface area contributed by atoms with Crippen molar-refractivity contribution in [1.82, 2.24) is 0 Å². The average molecular weight is 280 g/mol. The average Bonchev–Trinajstić information content (AvgIpc) is 2.20. The number of aliphatic hydroxyl groups is 1. The van der Waals surface area contributed by atoms with Crippen LogP contribution in [-0.4, -0.2) is 21.5 Å². The van der Waals surface area contributed by atoms with Crippen LogP contribution in [0.4, 0.5) is 0 Å². The molecule has 0 amide bonds. The molecule has 0 atom stereocenters. The van der Waals surface area contributed by atoms with Crippen molar-refractivity contribution < 1.29 is 41.2 Å². The van der Waals surface area contributed by atoms with Crippen LogP contribution < -0.4 is 5.30 Å². The van der Waals surface area contributed by atoms with E-state index in [1.807, 2.05) is 0 Å². The Morgan fingerprint density at radius 3 is 1.88 bits per heavy atom. The van der Waals surface area contributed by atoms with E-state index in [2.05, 4.69) is 6.92 Å². The van der Waals surface area contributed by atoms with Gasteiger partial charge in [-0.15, -0.1) is 0 Å². The Kier molecular flexibility index (Phi) is 11.8. The van der Waals surface area contributed by atoms with Crippen LogP contribution in [-0.2, 0) is 26.3 Å². The van der Waals surface area contributed by atoms with Crippen LogP contribution in [0.15, 0.2) is 30.3 Å². The summed E-state index contributed by atoms with van der Waals surface area (Å²) in [6.45, 7) is 2.40. The van der Waals surface area contributed by atoms with Crippen LogP contribution in [0.5, 0.6) is 0 Å². The third-order valence-electron chi connectivity index (χ3n) is 1.60. The molecule has 0 bridgehead atoms. The summed E-state index contributed by atoms with van der Waals surface area (Å²) < 4.78 is 10.5. The molecule has 4 nitrogen and oxygen atoms in total. The van der Waals surface area contributed by atoms with Crippen molar-refractivity contribution in [3.8, 4) is 0 Å². The molecule has 6 heteroatoms. The molecule has 0 aliphatic heterocycles. The molecular formula is C10H17O4PTi. The van der Waals surface area contributed by atoms with Crippen molar-refractivity contribution in [2.75, 3.05) is 6.61 Å². The van der Waals surface area contributed by atoms with Gasteiger partial charge in [-0.1, -0.05) is 31.5 Å². The molecule has 16 heavy (non-hydrogen) atoms. The summed E-state index contributed by atoms with van der Waals surface area (Å²) in [5.41, 5.74) is 0. The molecule has 1 rings (SSSR count). The van der Waals surface area contributed by atoms with E-state index < -0.39 is 7.60 Å². The van der Waals surface area contributed by atoms with Crippen LogP contribution in [0, 0.1) is 0 Å². The molecule has 0 unspecified atom stereocenters. The Bertz CT molecular complexity index is 297. The van der Waals surface area contributed by atoms with E-state index >= 15 is 0 Å². The van der Waals surface area contributed by atoms with Gasteiger partial charge in [0.25, 0.3) is 0 Å². The largest absolute Gasteiger partial charge is 0.396 e. The first-order valence-corrected chi connectivity index (χ1v) is 6.35. The van der Waals surface area contributed by atoms with Crippen LogP contribution >= 0.6 is 7.60 Å². The number of hydrogen-bond donors (Lipinski definition) is 3. The van der Waals surface area contributed by atoms with E-state index in [1.54, 1.807) is 18.2 Å². The third kappa shape index (κ3) is 9.28. The van der Waals surface area contributed by atoms with E-state index in [0.29, 0.717) is 6.61 Å². The molecule has 0 saturated carbocycles. The number of aliphatic hydroxyl groups excluding tert-OH is 1. The fourth-order valence-corrected chi connectivity index (χ4v) is 1.34. The summed E-state index contributed by atoms with van der Waals surface area (Å²) in [5.74, 6) is 0. The molecule has 1 aromatic carbocycles. The Balaban J connectivity index is 0. The van der Waals surface area contributed by atoms with Gasteiger partial charge >= 0.3 is 7.60 Å². The fourth-order valence-electron chi connectivity index (χ4n) is 0.780. The van der Waals surface area contributed by atoms with Gasteiger partial charge in [0.1, 0.15) is 0 Å². The smallest absolute Gasteiger partial charge is 0.356 e. The van der Waals surface area contributed by atoms with Gasteiger partial charge in [0.2, 0.25) is 0 Å². The van der Waals surface area contributed by atoms with Crippen LogP contribution in [0.2, 0.25) is 0 Å². The van der Waals surface area contributed by atoms with Crippen molar-refractivity contribution in [1.29, 1.82) is 0 Å². The van der Waals surface area contributed by atoms with E-state index in [9.17, 15) is 4.57 Å². The third-order valence-corrected chi connectivity index (χ3v) is 2.58. The minimum absolute atomic E-state index is 0. The maximum Gasteiger partial charge on any atom is 0.356 e. The zero-order valence-corrected chi connectivity index (χ0v) is 11.7. The molecule has 0 aliphatic carbocycles. The number of unbranched alkanes of at least 4 members (excludes halogenated alkanes) is 1. The predicted molar refractivity (Wildman–Crippen MR) is 60.1 cm³/mol. The summed E-state index contributed by atoms with van der Waals surface area (Å²) in [4.78, 5) is 17.2. The van der Waals surface area contributed by atoms with Crippen molar-refractivity contribution in [2.24, 2.45) is 0 Å². The van der Waals surface area contributed by atoms with E-state index in [-0.39, 0.29) is 27.0 Å². The second-order valence-corrected chi connectivity index (χ2v) is 4.56. The molecule has 0 aliphatic rings. The summed E-state index contributed by atoms with van der Waals surface area (Å²) in [5, 5.41) is 8.13. The van der Waals surface area contributed by atoms with Gasteiger partial charge in [-0.2, -0.15) is 0 Å². The monoisotopic (exact) mass is 280 g/mol. The van der Waals surface area contributed by atoms with Gasteiger partial charge in [0.05, 0.1) is 5.30 Å². The summed E-state index contributed by atoms with van der Waals surface area (Å²) >= 11 is 0. The van der Waals surface area contributed by atoms with Crippen molar-refractivity contribution in [3.63, 3.8) is 0 Å². The van der Waals surface area contributed by atoms with Crippen LogP contribution in [0.1, 0.15) is 19.8 Å². The van der Waals surface area contributed by atoms with Crippen LogP contribution in [0.25, 0.3) is 0 Å². The molecule has 1 aromatic rings. The first kappa shape index (κ1) is 18.4. The van der Waals surface area contributed by atoms with E-state index in [1.165, 1.54) is 12.1 Å². The summed E-state index contributed by atoms with van der Waals surface area (Å²) in [6, 6.07) is 7.70. The second kappa shape index (κ2) is 10.2. The van der Waals surface area contributed by atoms with Gasteiger partial charge in [-0.3, -0.25) is 4.57 Å². The Morgan fingerprint density at radius 2 is 1.69 bits per heavy atom. The molecule has 0 heterocycles. The molecule has 0 radical (unpaired) electrons. The van der Waals surface area contributed by atoms with E-state index in [4.69, 9.17) is 14.9 Å². The molecule has 0 saturated heterocycles. The molecule has 0 fully saturated rings. The quantitative estimate of drug-likeness (QED) is 0.575. The Hall–Kier alpha value is 0.0443. The maximum atomic E-state index is 10.5. The van der Waals surface area contributed by atoms with Crippen molar-refractivity contribution >= 4 is 12.9 Å².